The van der Waals surface area contributed by atoms with Crippen LogP contribution in [0.1, 0.15) is 20.7 Å². The topological polar surface area (TPSA) is 109 Å². The number of aliphatic hydroxyl groups excluding tert-OH is 1. The van der Waals surface area contributed by atoms with Gasteiger partial charge in [0.15, 0.2) is 0 Å². The molecule has 8 nitrogen and oxygen atoms in total. The second kappa shape index (κ2) is 8.25. The first kappa shape index (κ1) is 20.5. The van der Waals surface area contributed by atoms with Gasteiger partial charge in [-0.1, -0.05) is 0 Å². The molecule has 0 bridgehead atoms. The third kappa shape index (κ3) is 3.83. The third-order valence-electron chi connectivity index (χ3n) is 5.56. The highest BCUT2D eigenvalue weighted by molar-refractivity contribution is 6.07. The molecule has 2 aromatic heterocycles. The first-order valence-electron chi connectivity index (χ1n) is 10.4. The number of rotatable bonds is 6. The number of aromatic nitrogens is 3. The van der Waals surface area contributed by atoms with Crippen LogP contribution < -0.4 is 5.32 Å². The second-order valence-electron chi connectivity index (χ2n) is 7.64. The minimum Gasteiger partial charge on any atom is -0.478 e. The molecule has 164 valence electrons. The fourth-order valence-electron chi connectivity index (χ4n) is 3.91. The molecule has 1 amide bonds. The van der Waals surface area contributed by atoms with Gasteiger partial charge in [0.2, 0.25) is 0 Å². The van der Waals surface area contributed by atoms with Gasteiger partial charge < -0.3 is 20.1 Å². The average molecular weight is 440 g/mol. The molecule has 2 heterocycles. The predicted molar refractivity (Wildman–Crippen MR) is 125 cm³/mol. The van der Waals surface area contributed by atoms with Crippen molar-refractivity contribution in [3.8, 4) is 5.69 Å². The van der Waals surface area contributed by atoms with Crippen LogP contribution in [0.4, 0.5) is 5.69 Å². The fraction of sp³-hybridized carbons (Fsp3) is 0.0800. The van der Waals surface area contributed by atoms with E-state index in [0.29, 0.717) is 17.8 Å². The number of anilines is 1. The number of hydrogen-bond donors (Lipinski definition) is 3. The number of carbonyl (C=O) groups excluding carboxylic acids is 1. The lowest BCUT2D eigenvalue weighted by Crippen LogP contribution is -2.11. The van der Waals surface area contributed by atoms with Crippen LogP contribution in [0.2, 0.25) is 0 Å². The van der Waals surface area contributed by atoms with Gasteiger partial charge in [-0.15, -0.1) is 0 Å². The van der Waals surface area contributed by atoms with E-state index in [0.717, 1.165) is 27.5 Å². The number of hydrogen-bond acceptors (Lipinski definition) is 4. The summed E-state index contributed by atoms with van der Waals surface area (Å²) in [5.41, 5.74) is 3.94. The van der Waals surface area contributed by atoms with Gasteiger partial charge in [-0.25, -0.2) is 9.48 Å². The summed E-state index contributed by atoms with van der Waals surface area (Å²) >= 11 is 0. The molecule has 8 heteroatoms. The Labute approximate surface area is 188 Å². The summed E-state index contributed by atoms with van der Waals surface area (Å²) in [5, 5.41) is 27.3. The predicted octanol–water partition coefficient (Wildman–Crippen LogP) is 3.92. The van der Waals surface area contributed by atoms with Gasteiger partial charge in [-0.2, -0.15) is 5.10 Å². The Kier molecular flexibility index (Phi) is 5.12. The van der Waals surface area contributed by atoms with Gasteiger partial charge in [0.1, 0.15) is 0 Å². The van der Waals surface area contributed by atoms with Crippen LogP contribution >= 0.6 is 0 Å². The fourth-order valence-corrected chi connectivity index (χ4v) is 3.91. The smallest absolute Gasteiger partial charge is 0.335 e. The first-order chi connectivity index (χ1) is 16.0. The van der Waals surface area contributed by atoms with E-state index in [2.05, 4.69) is 10.4 Å². The van der Waals surface area contributed by atoms with Crippen LogP contribution in [0.15, 0.2) is 79.1 Å². The molecule has 0 saturated heterocycles. The zero-order valence-corrected chi connectivity index (χ0v) is 17.5. The number of benzene rings is 3. The highest BCUT2D eigenvalue weighted by Crippen LogP contribution is 2.24. The summed E-state index contributed by atoms with van der Waals surface area (Å²) in [7, 11) is 0. The lowest BCUT2D eigenvalue weighted by molar-refractivity contribution is 0.0696. The molecule has 0 spiro atoms. The molecule has 0 aliphatic rings. The molecule has 0 atom stereocenters. The molecular formula is C25H20N4O4. The number of aliphatic hydroxyl groups is 1. The number of carbonyl (C=O) groups is 2. The van der Waals surface area contributed by atoms with Crippen LogP contribution in [-0.2, 0) is 6.54 Å². The van der Waals surface area contributed by atoms with Crippen LogP contribution in [0, 0.1) is 0 Å². The van der Waals surface area contributed by atoms with Crippen molar-refractivity contribution in [3.05, 3.63) is 90.3 Å². The lowest BCUT2D eigenvalue weighted by Gasteiger charge is -2.08. The van der Waals surface area contributed by atoms with Crippen molar-refractivity contribution in [3.63, 3.8) is 0 Å². The quantitative estimate of drug-likeness (QED) is 0.371. The maximum Gasteiger partial charge on any atom is 0.335 e. The van der Waals surface area contributed by atoms with E-state index in [1.807, 2.05) is 41.1 Å². The summed E-state index contributed by atoms with van der Waals surface area (Å²) < 4.78 is 3.66. The molecule has 5 aromatic rings. The number of amides is 1. The SMILES string of the molecule is O=C(O)c1ccc(-n2ncc3cc(NC(=O)c4ccc5c(ccn5CCO)c4)ccc32)cc1. The van der Waals surface area contributed by atoms with Gasteiger partial charge in [0.05, 0.1) is 29.6 Å². The van der Waals surface area contributed by atoms with Gasteiger partial charge in [0, 0.05) is 40.3 Å². The van der Waals surface area contributed by atoms with Crippen molar-refractivity contribution < 1.29 is 19.8 Å². The normalized spacial score (nSPS) is 11.2. The molecule has 0 aliphatic heterocycles. The van der Waals surface area contributed by atoms with Crippen molar-refractivity contribution in [1.82, 2.24) is 14.3 Å². The minimum absolute atomic E-state index is 0.0543. The zero-order valence-electron chi connectivity index (χ0n) is 17.5. The molecule has 0 saturated carbocycles. The summed E-state index contributed by atoms with van der Waals surface area (Å²) in [6, 6.07) is 19.4. The van der Waals surface area contributed by atoms with Gasteiger partial charge in [-0.3, -0.25) is 4.79 Å². The minimum atomic E-state index is -0.978. The van der Waals surface area contributed by atoms with Gasteiger partial charge in [0.25, 0.3) is 5.91 Å². The van der Waals surface area contributed by atoms with E-state index in [-0.39, 0.29) is 18.1 Å². The van der Waals surface area contributed by atoms with E-state index in [9.17, 15) is 9.59 Å². The Morgan fingerprint density at radius 3 is 2.39 bits per heavy atom. The van der Waals surface area contributed by atoms with Gasteiger partial charge >= 0.3 is 5.97 Å². The van der Waals surface area contributed by atoms with E-state index >= 15 is 0 Å². The number of nitrogens with one attached hydrogen (secondary N) is 1. The monoisotopic (exact) mass is 440 g/mol. The maximum atomic E-state index is 12.8. The van der Waals surface area contributed by atoms with Crippen molar-refractivity contribution in [1.29, 1.82) is 0 Å². The number of fused-ring (bicyclic) bond motifs is 2. The van der Waals surface area contributed by atoms with Crippen molar-refractivity contribution in [2.45, 2.75) is 6.54 Å². The molecule has 0 unspecified atom stereocenters. The highest BCUT2D eigenvalue weighted by atomic mass is 16.4. The summed E-state index contributed by atoms with van der Waals surface area (Å²) in [4.78, 5) is 23.9. The summed E-state index contributed by atoms with van der Waals surface area (Å²) in [5.74, 6) is -1.20. The summed E-state index contributed by atoms with van der Waals surface area (Å²) in [6.07, 6.45) is 3.59. The average Bonchev–Trinajstić information content (AvgIpc) is 3.43. The molecule has 3 N–H and O–H groups in total. The number of carboxylic acid groups (broad SMARTS) is 1. The number of carboxylic acids is 1. The molecule has 0 radical (unpaired) electrons. The van der Waals surface area contributed by atoms with E-state index in [4.69, 9.17) is 10.2 Å². The molecule has 33 heavy (non-hydrogen) atoms. The first-order valence-corrected chi connectivity index (χ1v) is 10.4. The van der Waals surface area contributed by atoms with Crippen LogP contribution in [0.5, 0.6) is 0 Å². The second-order valence-corrected chi connectivity index (χ2v) is 7.64. The van der Waals surface area contributed by atoms with E-state index < -0.39 is 5.97 Å². The van der Waals surface area contributed by atoms with Crippen LogP contribution in [0.25, 0.3) is 27.5 Å². The zero-order chi connectivity index (χ0) is 22.9. The third-order valence-corrected chi connectivity index (χ3v) is 5.56. The van der Waals surface area contributed by atoms with Crippen molar-refractivity contribution in [2.75, 3.05) is 11.9 Å². The van der Waals surface area contributed by atoms with Gasteiger partial charge in [-0.05, 0) is 66.7 Å². The lowest BCUT2D eigenvalue weighted by atomic mass is 10.1. The molecular weight excluding hydrogens is 420 g/mol. The molecule has 5 rings (SSSR count). The molecule has 0 fully saturated rings. The molecule has 0 aliphatic carbocycles. The van der Waals surface area contributed by atoms with Crippen LogP contribution in [0.3, 0.4) is 0 Å². The Bertz CT molecular complexity index is 1500. The Hall–Kier alpha value is -4.43. The Morgan fingerprint density at radius 1 is 0.879 bits per heavy atom. The van der Waals surface area contributed by atoms with Crippen LogP contribution in [-0.4, -0.2) is 43.0 Å². The maximum absolute atomic E-state index is 12.8. The largest absolute Gasteiger partial charge is 0.478 e. The van der Waals surface area contributed by atoms with Crippen molar-refractivity contribution in [2.24, 2.45) is 0 Å². The Morgan fingerprint density at radius 2 is 1.64 bits per heavy atom. The van der Waals surface area contributed by atoms with E-state index in [1.54, 1.807) is 35.1 Å². The number of nitrogens with zero attached hydrogens (tertiary/aromatic N) is 3. The number of aromatic carboxylic acids is 1. The highest BCUT2D eigenvalue weighted by Gasteiger charge is 2.11. The molecule has 3 aromatic carbocycles. The standard InChI is InChI=1S/C25H20N4O4/c30-12-11-28-10-9-17-13-18(3-7-22(17)28)24(31)27-20-4-8-23-19(14-20)15-26-29(23)21-5-1-16(2-6-21)25(32)33/h1-10,13-15,30H,11-12H2,(H,27,31)(H,32,33). The Balaban J connectivity index is 1.38. The van der Waals surface area contributed by atoms with Crippen molar-refractivity contribution >= 4 is 39.4 Å². The summed E-state index contributed by atoms with van der Waals surface area (Å²) in [6.45, 7) is 0.561. The van der Waals surface area contributed by atoms with E-state index in [1.165, 1.54) is 12.1 Å².